The van der Waals surface area contributed by atoms with Gasteiger partial charge in [-0.25, -0.2) is 0 Å². The Bertz CT molecular complexity index is 1730. The molecule has 0 spiro atoms. The minimum absolute atomic E-state index is 0. The SMILES string of the molecule is CC(C)c1cc(C(C)C)c(-c2ccccc2P(C2CCCCC2)C2CCCCC2)c(C(C)C)c1.O=S(=O)(O)C(F)(F)F.[Au].c1ccc2n[nH]nc2c1. The van der Waals surface area contributed by atoms with Crippen molar-refractivity contribution in [3.63, 3.8) is 0 Å². The number of fused-ring (bicyclic) bond motifs is 1. The zero-order chi connectivity index (χ0) is 37.3. The van der Waals surface area contributed by atoms with Crippen LogP contribution in [0.3, 0.4) is 0 Å². The first-order valence-electron chi connectivity index (χ1n) is 18.4. The van der Waals surface area contributed by atoms with E-state index >= 15 is 0 Å². The van der Waals surface area contributed by atoms with Crippen LogP contribution < -0.4 is 5.30 Å². The molecule has 6 nitrogen and oxygen atoms in total. The fourth-order valence-corrected chi connectivity index (χ4v) is 11.3. The van der Waals surface area contributed by atoms with Gasteiger partial charge in [-0.05, 0) is 100 Å². The molecule has 1 aromatic heterocycles. The zero-order valence-corrected chi connectivity index (χ0v) is 35.1. The number of hydrogen-bond acceptors (Lipinski definition) is 4. The second kappa shape index (κ2) is 20.0. The standard InChI is InChI=1S/C33H49P.C6H5N3.CHF3O3S.Au/c1-23(2)26-21-30(24(3)4)33(31(22-26)25(5)6)29-19-13-14-20-32(29)34(27-15-9-7-10-16-27)28-17-11-8-12-18-28;1-2-4-6-5(3-1)7-9-8-6;2-1(3,4)8(5,6)7;/h13-14,19-25,27-28H,7-12,15-18H2,1-6H3;1-4H,(H,7,8,9);(H,5,6,7);. The van der Waals surface area contributed by atoms with E-state index < -0.39 is 15.6 Å². The average Bonchev–Trinajstić information content (AvgIpc) is 3.58. The summed E-state index contributed by atoms with van der Waals surface area (Å²) in [4.78, 5) is 0. The van der Waals surface area contributed by atoms with Crippen LogP contribution in [-0.2, 0) is 32.5 Å². The van der Waals surface area contributed by atoms with Crippen LogP contribution in [-0.4, -0.2) is 45.2 Å². The number of para-hydroxylation sites is 2. The summed E-state index contributed by atoms with van der Waals surface area (Å²) in [6, 6.07) is 22.5. The van der Waals surface area contributed by atoms with Gasteiger partial charge in [-0.1, -0.05) is 137 Å². The van der Waals surface area contributed by atoms with Crippen LogP contribution in [0, 0.1) is 0 Å². The predicted molar refractivity (Wildman–Crippen MR) is 206 cm³/mol. The number of aromatic nitrogens is 3. The number of alkyl halides is 3. The van der Waals surface area contributed by atoms with Crippen LogP contribution in [0.2, 0.25) is 0 Å². The first-order valence-corrected chi connectivity index (χ1v) is 21.4. The van der Waals surface area contributed by atoms with E-state index in [1.807, 2.05) is 24.3 Å². The Morgan fingerprint density at radius 2 is 1.12 bits per heavy atom. The molecule has 0 bridgehead atoms. The summed E-state index contributed by atoms with van der Waals surface area (Å²) in [5.74, 6) is 1.64. The van der Waals surface area contributed by atoms with E-state index in [9.17, 15) is 13.2 Å². The number of aromatic amines is 1. The molecule has 291 valence electrons. The summed E-state index contributed by atoms with van der Waals surface area (Å²) in [5.41, 5.74) is 6.00. The van der Waals surface area contributed by atoms with Crippen molar-refractivity contribution in [3.05, 3.63) is 77.4 Å². The Morgan fingerprint density at radius 3 is 1.50 bits per heavy atom. The second-order valence-electron chi connectivity index (χ2n) is 14.8. The van der Waals surface area contributed by atoms with Crippen molar-refractivity contribution in [3.8, 4) is 11.1 Å². The molecule has 0 saturated heterocycles. The topological polar surface area (TPSA) is 95.9 Å². The van der Waals surface area contributed by atoms with Gasteiger partial charge in [0.15, 0.2) is 0 Å². The maximum absolute atomic E-state index is 10.7. The van der Waals surface area contributed by atoms with Crippen molar-refractivity contribution in [2.24, 2.45) is 0 Å². The minimum atomic E-state index is -5.84. The third-order valence-electron chi connectivity index (χ3n) is 10.0. The molecule has 0 atom stereocenters. The Labute approximate surface area is 325 Å². The van der Waals surface area contributed by atoms with Crippen LogP contribution in [0.25, 0.3) is 22.2 Å². The van der Waals surface area contributed by atoms with Crippen molar-refractivity contribution >= 4 is 34.4 Å². The van der Waals surface area contributed by atoms with E-state index in [1.165, 1.54) is 69.8 Å². The summed E-state index contributed by atoms with van der Waals surface area (Å²) >= 11 is 0. The van der Waals surface area contributed by atoms with Crippen LogP contribution in [0.4, 0.5) is 13.2 Å². The summed E-state index contributed by atoms with van der Waals surface area (Å²) in [7, 11) is -5.96. The summed E-state index contributed by atoms with van der Waals surface area (Å²) in [6.45, 7) is 14.3. The molecular weight excluding hydrogens is 887 g/mol. The molecule has 2 fully saturated rings. The van der Waals surface area contributed by atoms with Crippen LogP contribution >= 0.6 is 7.92 Å². The Balaban J connectivity index is 0.000000330. The zero-order valence-electron chi connectivity index (χ0n) is 31.2. The number of hydrogen-bond donors (Lipinski definition) is 2. The van der Waals surface area contributed by atoms with Crippen LogP contribution in [0.5, 0.6) is 0 Å². The molecule has 4 aromatic rings. The van der Waals surface area contributed by atoms with Gasteiger partial charge in [0.1, 0.15) is 11.0 Å². The molecule has 0 aliphatic heterocycles. The quantitative estimate of drug-likeness (QED) is 0.0833. The second-order valence-corrected chi connectivity index (χ2v) is 18.9. The number of benzene rings is 3. The smallest absolute Gasteiger partial charge is 0.279 e. The van der Waals surface area contributed by atoms with Gasteiger partial charge in [-0.3, -0.25) is 4.55 Å². The van der Waals surface area contributed by atoms with E-state index in [4.69, 9.17) is 13.0 Å². The number of H-pyrrole nitrogens is 1. The summed E-state index contributed by atoms with van der Waals surface area (Å²) < 4.78 is 57.5. The number of rotatable bonds is 7. The molecule has 1 heterocycles. The van der Waals surface area contributed by atoms with Gasteiger partial charge in [-0.2, -0.15) is 37.0 Å². The molecule has 52 heavy (non-hydrogen) atoms. The number of halogens is 3. The minimum Gasteiger partial charge on any atom is -0.279 e. The van der Waals surface area contributed by atoms with Crippen LogP contribution in [0.15, 0.2) is 60.7 Å². The van der Waals surface area contributed by atoms with Gasteiger partial charge in [0, 0.05) is 22.4 Å². The van der Waals surface area contributed by atoms with E-state index in [2.05, 4.69) is 93.4 Å². The maximum Gasteiger partial charge on any atom is 0.522 e. The molecular formula is C40H55AuF3N3O3PS. The molecule has 6 rings (SSSR count). The maximum atomic E-state index is 10.7. The van der Waals surface area contributed by atoms with E-state index in [-0.39, 0.29) is 30.3 Å². The monoisotopic (exact) mass is 942 g/mol. The van der Waals surface area contributed by atoms with Gasteiger partial charge in [0.2, 0.25) is 0 Å². The van der Waals surface area contributed by atoms with Gasteiger partial charge in [-0.15, -0.1) is 0 Å². The van der Waals surface area contributed by atoms with E-state index in [0.717, 1.165) is 22.4 Å². The average molecular weight is 943 g/mol. The Morgan fingerprint density at radius 1 is 0.712 bits per heavy atom. The summed E-state index contributed by atoms with van der Waals surface area (Å²) in [5, 5.41) is 12.1. The van der Waals surface area contributed by atoms with Gasteiger partial charge < -0.3 is 0 Å². The molecule has 0 unspecified atom stereocenters. The van der Waals surface area contributed by atoms with Crippen molar-refractivity contribution in [2.45, 2.75) is 140 Å². The van der Waals surface area contributed by atoms with Crippen molar-refractivity contribution in [2.75, 3.05) is 0 Å². The molecule has 0 amide bonds. The molecule has 2 saturated carbocycles. The van der Waals surface area contributed by atoms with E-state index in [1.54, 1.807) is 27.6 Å². The van der Waals surface area contributed by atoms with Gasteiger partial charge in [0.05, 0.1) is 0 Å². The first kappa shape index (κ1) is 44.3. The normalized spacial score (nSPS) is 16.0. The molecule has 2 aliphatic rings. The number of nitrogens with one attached hydrogen (secondary N) is 1. The van der Waals surface area contributed by atoms with Crippen molar-refractivity contribution < 1.29 is 48.5 Å². The Kier molecular flexibility index (Phi) is 17.1. The number of nitrogens with zero attached hydrogens (tertiary/aromatic N) is 2. The fourth-order valence-electron chi connectivity index (χ4n) is 7.37. The van der Waals surface area contributed by atoms with Crippen molar-refractivity contribution in [1.82, 2.24) is 15.4 Å². The molecule has 2 N–H and O–H groups in total. The van der Waals surface area contributed by atoms with E-state index in [0.29, 0.717) is 17.8 Å². The third kappa shape index (κ3) is 11.7. The van der Waals surface area contributed by atoms with Crippen molar-refractivity contribution in [1.29, 1.82) is 0 Å². The van der Waals surface area contributed by atoms with Gasteiger partial charge >= 0.3 is 15.6 Å². The third-order valence-corrected chi connectivity index (χ3v) is 14.2. The van der Waals surface area contributed by atoms with Crippen LogP contribution in [0.1, 0.15) is 140 Å². The van der Waals surface area contributed by atoms with Gasteiger partial charge in [0.25, 0.3) is 0 Å². The first-order chi connectivity index (χ1) is 24.1. The molecule has 2 aliphatic carbocycles. The molecule has 1 radical (unpaired) electrons. The Hall–Kier alpha value is -2.07. The summed E-state index contributed by atoms with van der Waals surface area (Å²) in [6.07, 6.45) is 14.6. The largest absolute Gasteiger partial charge is 0.522 e. The fraction of sp³-hybridized carbons (Fsp3) is 0.550. The molecule has 3 aromatic carbocycles. The molecule has 12 heteroatoms. The predicted octanol–water partition coefficient (Wildman–Crippen LogP) is 11.8.